The minimum absolute atomic E-state index is 0.00324. The summed E-state index contributed by atoms with van der Waals surface area (Å²) in [5, 5.41) is 9.21. The van der Waals surface area contributed by atoms with Crippen molar-refractivity contribution in [3.63, 3.8) is 0 Å². The van der Waals surface area contributed by atoms with Crippen molar-refractivity contribution >= 4 is 16.0 Å². The molecule has 0 aromatic heterocycles. The number of carboxylic acids is 1. The van der Waals surface area contributed by atoms with E-state index in [-0.39, 0.29) is 13.0 Å². The van der Waals surface area contributed by atoms with Crippen molar-refractivity contribution in [3.05, 3.63) is 29.8 Å². The van der Waals surface area contributed by atoms with Gasteiger partial charge in [-0.1, -0.05) is 0 Å². The number of aliphatic carboxylic acids is 1. The molecule has 0 amide bonds. The molecule has 20 heavy (non-hydrogen) atoms. The zero-order valence-electron chi connectivity index (χ0n) is 10.6. The van der Waals surface area contributed by atoms with E-state index in [1.807, 2.05) is 0 Å². The third-order valence-corrected chi connectivity index (χ3v) is 5.46. The zero-order chi connectivity index (χ0) is 15.1. The predicted molar refractivity (Wildman–Crippen MR) is 65.5 cm³/mol. The van der Waals surface area contributed by atoms with E-state index in [1.54, 1.807) is 0 Å². The second-order valence-electron chi connectivity index (χ2n) is 4.86. The van der Waals surface area contributed by atoms with E-state index in [1.165, 1.54) is 6.92 Å². The molecule has 110 valence electrons. The molecule has 1 aromatic rings. The SMILES string of the molecule is CC1(C(=O)O)CCCN1S(=O)(=O)c1cc(F)cc(F)c1. The first-order chi connectivity index (χ1) is 9.18. The van der Waals surface area contributed by atoms with Crippen molar-refractivity contribution in [2.24, 2.45) is 0 Å². The lowest BCUT2D eigenvalue weighted by Crippen LogP contribution is -2.50. The first kappa shape index (κ1) is 14.9. The van der Waals surface area contributed by atoms with Gasteiger partial charge in [0, 0.05) is 12.6 Å². The summed E-state index contributed by atoms with van der Waals surface area (Å²) in [5.74, 6) is -3.34. The maximum atomic E-state index is 13.2. The summed E-state index contributed by atoms with van der Waals surface area (Å²) in [5.41, 5.74) is -1.60. The molecule has 0 spiro atoms. The molecule has 1 atom stereocenters. The van der Waals surface area contributed by atoms with Gasteiger partial charge in [-0.15, -0.1) is 0 Å². The van der Waals surface area contributed by atoms with Crippen molar-refractivity contribution in [2.45, 2.75) is 30.2 Å². The van der Waals surface area contributed by atoms with Gasteiger partial charge in [-0.2, -0.15) is 4.31 Å². The Kier molecular flexibility index (Phi) is 3.55. The molecular formula is C12H13F2NO4S. The number of nitrogens with zero attached hydrogens (tertiary/aromatic N) is 1. The molecule has 0 bridgehead atoms. The van der Waals surface area contributed by atoms with Crippen LogP contribution in [-0.4, -0.2) is 35.9 Å². The van der Waals surface area contributed by atoms with Crippen LogP contribution in [0.3, 0.4) is 0 Å². The van der Waals surface area contributed by atoms with Gasteiger partial charge in [0.15, 0.2) is 0 Å². The second-order valence-corrected chi connectivity index (χ2v) is 6.73. The molecule has 1 saturated heterocycles. The first-order valence-electron chi connectivity index (χ1n) is 5.90. The molecule has 1 fully saturated rings. The fourth-order valence-electron chi connectivity index (χ4n) is 2.34. The lowest BCUT2D eigenvalue weighted by Gasteiger charge is -2.30. The quantitative estimate of drug-likeness (QED) is 0.920. The van der Waals surface area contributed by atoms with Gasteiger partial charge < -0.3 is 5.11 Å². The standard InChI is InChI=1S/C12H13F2NO4S/c1-12(11(16)17)3-2-4-15(12)20(18,19)10-6-8(13)5-9(14)7-10/h5-7H,2-4H2,1H3,(H,16,17). The number of carboxylic acid groups (broad SMARTS) is 1. The maximum absolute atomic E-state index is 13.2. The number of carbonyl (C=O) groups is 1. The van der Waals surface area contributed by atoms with E-state index >= 15 is 0 Å². The molecule has 8 heteroatoms. The van der Waals surface area contributed by atoms with Crippen LogP contribution in [0.15, 0.2) is 23.1 Å². The monoisotopic (exact) mass is 305 g/mol. The average molecular weight is 305 g/mol. The third kappa shape index (κ3) is 2.29. The summed E-state index contributed by atoms with van der Waals surface area (Å²) >= 11 is 0. The van der Waals surface area contributed by atoms with E-state index in [0.29, 0.717) is 24.6 Å². The van der Waals surface area contributed by atoms with Crippen LogP contribution in [0.5, 0.6) is 0 Å². The lowest BCUT2D eigenvalue weighted by atomic mass is 10.0. The highest BCUT2D eigenvalue weighted by molar-refractivity contribution is 7.89. The van der Waals surface area contributed by atoms with E-state index in [0.717, 1.165) is 4.31 Å². The summed E-state index contributed by atoms with van der Waals surface area (Å²) in [7, 11) is -4.26. The van der Waals surface area contributed by atoms with Crippen LogP contribution in [0.25, 0.3) is 0 Å². The number of hydrogen-bond donors (Lipinski definition) is 1. The van der Waals surface area contributed by atoms with Crippen LogP contribution in [0.2, 0.25) is 0 Å². The Morgan fingerprint density at radius 3 is 2.35 bits per heavy atom. The van der Waals surface area contributed by atoms with Crippen molar-refractivity contribution in [1.29, 1.82) is 0 Å². The number of sulfonamides is 1. The summed E-state index contributed by atoms with van der Waals surface area (Å²) in [4.78, 5) is 10.7. The Bertz CT molecular complexity index is 641. The van der Waals surface area contributed by atoms with Crippen molar-refractivity contribution in [1.82, 2.24) is 4.31 Å². The van der Waals surface area contributed by atoms with E-state index in [9.17, 15) is 27.1 Å². The summed E-state index contributed by atoms with van der Waals surface area (Å²) in [6.45, 7) is 1.29. The lowest BCUT2D eigenvalue weighted by molar-refractivity contribution is -0.146. The fourth-order valence-corrected chi connectivity index (χ4v) is 4.19. The Morgan fingerprint density at radius 2 is 1.85 bits per heavy atom. The van der Waals surface area contributed by atoms with Crippen LogP contribution in [0.4, 0.5) is 8.78 Å². The molecule has 5 nitrogen and oxygen atoms in total. The van der Waals surface area contributed by atoms with Crippen LogP contribution in [-0.2, 0) is 14.8 Å². The van der Waals surface area contributed by atoms with Gasteiger partial charge in [0.25, 0.3) is 0 Å². The van der Waals surface area contributed by atoms with Crippen LogP contribution in [0.1, 0.15) is 19.8 Å². The maximum Gasteiger partial charge on any atom is 0.324 e. The van der Waals surface area contributed by atoms with Crippen LogP contribution < -0.4 is 0 Å². The highest BCUT2D eigenvalue weighted by Crippen LogP contribution is 2.34. The van der Waals surface area contributed by atoms with Crippen molar-refractivity contribution in [3.8, 4) is 0 Å². The van der Waals surface area contributed by atoms with Gasteiger partial charge in [0.2, 0.25) is 10.0 Å². The average Bonchev–Trinajstić information content (AvgIpc) is 2.72. The van der Waals surface area contributed by atoms with Crippen molar-refractivity contribution in [2.75, 3.05) is 6.54 Å². The molecular weight excluding hydrogens is 292 g/mol. The minimum atomic E-state index is -4.26. The molecule has 1 N–H and O–H groups in total. The Hall–Kier alpha value is -1.54. The fraction of sp³-hybridized carbons (Fsp3) is 0.417. The normalized spacial score (nSPS) is 23.9. The summed E-state index contributed by atoms with van der Waals surface area (Å²) < 4.78 is 51.9. The number of rotatable bonds is 3. The minimum Gasteiger partial charge on any atom is -0.480 e. The third-order valence-electron chi connectivity index (χ3n) is 3.46. The predicted octanol–water partition coefficient (Wildman–Crippen LogP) is 1.59. The van der Waals surface area contributed by atoms with Gasteiger partial charge in [-0.05, 0) is 31.9 Å². The highest BCUT2D eigenvalue weighted by atomic mass is 32.2. The molecule has 2 rings (SSSR count). The van der Waals surface area contributed by atoms with Gasteiger partial charge in [0.05, 0.1) is 4.90 Å². The van der Waals surface area contributed by atoms with E-state index < -0.39 is 38.1 Å². The zero-order valence-corrected chi connectivity index (χ0v) is 11.5. The van der Waals surface area contributed by atoms with Crippen LogP contribution in [0, 0.1) is 11.6 Å². The molecule has 1 aliphatic rings. The smallest absolute Gasteiger partial charge is 0.324 e. The number of halogens is 2. The molecule has 1 aliphatic heterocycles. The van der Waals surface area contributed by atoms with Gasteiger partial charge >= 0.3 is 5.97 Å². The molecule has 0 aliphatic carbocycles. The topological polar surface area (TPSA) is 74.7 Å². The molecule has 1 aromatic carbocycles. The van der Waals surface area contributed by atoms with Gasteiger partial charge in [0.1, 0.15) is 17.2 Å². The molecule has 0 saturated carbocycles. The Labute approximate surface area is 114 Å². The first-order valence-corrected chi connectivity index (χ1v) is 7.34. The highest BCUT2D eigenvalue weighted by Gasteiger charge is 2.49. The number of hydrogen-bond acceptors (Lipinski definition) is 3. The second kappa shape index (κ2) is 4.78. The summed E-state index contributed by atoms with van der Waals surface area (Å²) in [6.07, 6.45) is 0.527. The summed E-state index contributed by atoms with van der Waals surface area (Å²) in [6, 6.07) is 1.91. The van der Waals surface area contributed by atoms with Crippen LogP contribution >= 0.6 is 0 Å². The molecule has 0 radical (unpaired) electrons. The largest absolute Gasteiger partial charge is 0.480 e. The van der Waals surface area contributed by atoms with E-state index in [4.69, 9.17) is 0 Å². The van der Waals surface area contributed by atoms with Crippen molar-refractivity contribution < 1.29 is 27.1 Å². The molecule has 1 unspecified atom stereocenters. The Balaban J connectivity index is 2.52. The molecule has 1 heterocycles. The van der Waals surface area contributed by atoms with Gasteiger partial charge in [-0.3, -0.25) is 4.79 Å². The Morgan fingerprint density at radius 1 is 1.30 bits per heavy atom. The van der Waals surface area contributed by atoms with E-state index in [2.05, 4.69) is 0 Å². The van der Waals surface area contributed by atoms with Gasteiger partial charge in [-0.25, -0.2) is 17.2 Å². The number of benzene rings is 1.